The molecule has 0 bridgehead atoms. The Hall–Kier alpha value is -1.63. The van der Waals surface area contributed by atoms with Crippen molar-refractivity contribution in [2.45, 2.75) is 95.8 Å². The second-order valence-electron chi connectivity index (χ2n) is 11.9. The maximum absolute atomic E-state index is 2.61. The topological polar surface area (TPSA) is 3.88 Å². The fourth-order valence-electron chi connectivity index (χ4n) is 7.88. The van der Waals surface area contributed by atoms with Gasteiger partial charge >= 0.3 is 0 Å². The quantitative estimate of drug-likeness (QED) is 0.526. The van der Waals surface area contributed by atoms with Crippen LogP contribution < -0.4 is 4.57 Å². The molecule has 0 radical (unpaired) electrons. The number of rotatable bonds is 1. The van der Waals surface area contributed by atoms with Gasteiger partial charge in [-0.15, -0.1) is 0 Å². The zero-order valence-corrected chi connectivity index (χ0v) is 19.1. The van der Waals surface area contributed by atoms with E-state index >= 15 is 0 Å². The van der Waals surface area contributed by atoms with Crippen LogP contribution in [-0.4, -0.2) is 0 Å². The highest BCUT2D eigenvalue weighted by molar-refractivity contribution is 5.72. The Morgan fingerprint density at radius 3 is 1.96 bits per heavy atom. The molecule has 2 unspecified atom stereocenters. The third-order valence-corrected chi connectivity index (χ3v) is 8.46. The van der Waals surface area contributed by atoms with Crippen LogP contribution in [0.4, 0.5) is 0 Å². The molecule has 3 aliphatic rings. The maximum atomic E-state index is 2.61. The Kier molecular flexibility index (Phi) is 3.35. The molecule has 1 nitrogen and oxygen atoms in total. The van der Waals surface area contributed by atoms with Crippen molar-refractivity contribution in [1.82, 2.24) is 0 Å². The second-order valence-corrected chi connectivity index (χ2v) is 11.9. The first-order valence-corrected chi connectivity index (χ1v) is 11.1. The van der Waals surface area contributed by atoms with Crippen LogP contribution in [0.3, 0.4) is 0 Å². The molecule has 0 spiro atoms. The molecule has 3 aliphatic carbocycles. The maximum Gasteiger partial charge on any atom is 0.216 e. The van der Waals surface area contributed by atoms with Crippen molar-refractivity contribution in [1.29, 1.82) is 0 Å². The molecular weight excluding hydrogens is 338 g/mol. The zero-order valence-electron chi connectivity index (χ0n) is 19.1. The first kappa shape index (κ1) is 18.4. The van der Waals surface area contributed by atoms with Crippen LogP contribution in [0.25, 0.3) is 11.3 Å². The molecule has 1 heteroatoms. The molecule has 1 heterocycles. The van der Waals surface area contributed by atoms with Crippen molar-refractivity contribution >= 4 is 0 Å². The van der Waals surface area contributed by atoms with Crippen molar-refractivity contribution in [2.24, 2.45) is 7.05 Å². The molecular formula is C27H36N+. The van der Waals surface area contributed by atoms with E-state index in [1.54, 1.807) is 22.4 Å². The molecule has 0 saturated heterocycles. The van der Waals surface area contributed by atoms with E-state index in [0.29, 0.717) is 10.8 Å². The number of benzene rings is 1. The monoisotopic (exact) mass is 374 g/mol. The van der Waals surface area contributed by atoms with Gasteiger partial charge in [-0.05, 0) is 74.5 Å². The summed E-state index contributed by atoms with van der Waals surface area (Å²) in [6.45, 7) is 17.3. The summed E-state index contributed by atoms with van der Waals surface area (Å²) >= 11 is 0. The van der Waals surface area contributed by atoms with E-state index in [4.69, 9.17) is 0 Å². The highest BCUT2D eigenvalue weighted by Gasteiger charge is 2.62. The summed E-state index contributed by atoms with van der Waals surface area (Å²) in [6, 6.07) is 9.00. The molecule has 5 rings (SSSR count). The number of aromatic nitrogens is 1. The Bertz CT molecular complexity index is 1030. The van der Waals surface area contributed by atoms with Gasteiger partial charge in [0.25, 0.3) is 0 Å². The molecule has 28 heavy (non-hydrogen) atoms. The summed E-state index contributed by atoms with van der Waals surface area (Å²) in [7, 11) is 2.35. The Balaban J connectivity index is 2.02. The lowest BCUT2D eigenvalue weighted by Gasteiger charge is -2.40. The lowest BCUT2D eigenvalue weighted by molar-refractivity contribution is -0.671. The van der Waals surface area contributed by atoms with E-state index in [2.05, 4.69) is 84.3 Å². The molecule has 0 amide bonds. The van der Waals surface area contributed by atoms with Crippen molar-refractivity contribution in [2.75, 3.05) is 0 Å². The van der Waals surface area contributed by atoms with E-state index in [0.717, 1.165) is 0 Å². The predicted octanol–water partition coefficient (Wildman–Crippen LogP) is 6.16. The van der Waals surface area contributed by atoms with Gasteiger partial charge in [-0.3, -0.25) is 0 Å². The molecule has 0 N–H and O–H groups in total. The minimum absolute atomic E-state index is 0.215. The smallest absolute Gasteiger partial charge is 0.197 e. The largest absolute Gasteiger partial charge is 0.216 e. The highest BCUT2D eigenvalue weighted by atomic mass is 15.0. The first-order chi connectivity index (χ1) is 12.9. The van der Waals surface area contributed by atoms with Crippen LogP contribution >= 0.6 is 0 Å². The standard InChI is InChI=1S/C27H36N/c1-17-11-9-10-12-18(17)22-20-19-21-23(28(22)8)25(4,5)16-27(21,7)14-13-26(19,6)15-24(20,2)3/h9-12H,13-16H2,1-8H3/q+1. The van der Waals surface area contributed by atoms with Crippen molar-refractivity contribution in [3.63, 3.8) is 0 Å². The van der Waals surface area contributed by atoms with Gasteiger partial charge in [-0.25, -0.2) is 0 Å². The molecule has 148 valence electrons. The van der Waals surface area contributed by atoms with Gasteiger partial charge in [-0.2, -0.15) is 4.57 Å². The van der Waals surface area contributed by atoms with Gasteiger partial charge in [0, 0.05) is 22.1 Å². The number of hydrogen-bond acceptors (Lipinski definition) is 0. The summed E-state index contributed by atoms with van der Waals surface area (Å²) in [6.07, 6.45) is 5.24. The molecule has 1 aromatic heterocycles. The SMILES string of the molecule is Cc1ccccc1-c1c2c3c4c([n+]1C)C(C)(C)CC4(C)CCC3(C)CC2(C)C. The lowest BCUT2D eigenvalue weighted by atomic mass is 9.63. The summed E-state index contributed by atoms with van der Waals surface area (Å²) in [4.78, 5) is 0. The van der Waals surface area contributed by atoms with E-state index < -0.39 is 0 Å². The number of hydrogen-bond donors (Lipinski definition) is 0. The molecule has 0 fully saturated rings. The van der Waals surface area contributed by atoms with Gasteiger partial charge < -0.3 is 0 Å². The van der Waals surface area contributed by atoms with Crippen molar-refractivity contribution < 1.29 is 4.57 Å². The summed E-state index contributed by atoms with van der Waals surface area (Å²) in [5.74, 6) is 0. The second kappa shape index (κ2) is 5.10. The van der Waals surface area contributed by atoms with E-state index in [1.165, 1.54) is 42.5 Å². The van der Waals surface area contributed by atoms with Crippen LogP contribution in [0.1, 0.15) is 95.2 Å². The average molecular weight is 375 g/mol. The summed E-state index contributed by atoms with van der Waals surface area (Å²) in [5.41, 5.74) is 12.1. The van der Waals surface area contributed by atoms with E-state index in [-0.39, 0.29) is 10.8 Å². The van der Waals surface area contributed by atoms with Crippen LogP contribution in [0, 0.1) is 6.92 Å². The van der Waals surface area contributed by atoms with Gasteiger partial charge in [0.05, 0.1) is 5.41 Å². The highest BCUT2D eigenvalue weighted by Crippen LogP contribution is 2.65. The summed E-state index contributed by atoms with van der Waals surface area (Å²) in [5, 5.41) is 0. The molecule has 2 aromatic rings. The molecule has 1 aromatic carbocycles. The van der Waals surface area contributed by atoms with Crippen molar-refractivity contribution in [3.8, 4) is 11.3 Å². The van der Waals surface area contributed by atoms with E-state index in [1.807, 2.05) is 0 Å². The van der Waals surface area contributed by atoms with Gasteiger partial charge in [0.15, 0.2) is 5.69 Å². The van der Waals surface area contributed by atoms with Gasteiger partial charge in [0.1, 0.15) is 7.05 Å². The molecule has 2 atom stereocenters. The molecule has 0 saturated carbocycles. The average Bonchev–Trinajstić information content (AvgIpc) is 2.92. The van der Waals surface area contributed by atoms with Gasteiger partial charge in [-0.1, -0.05) is 45.9 Å². The van der Waals surface area contributed by atoms with Crippen molar-refractivity contribution in [3.05, 3.63) is 52.2 Å². The fourth-order valence-corrected chi connectivity index (χ4v) is 7.88. The minimum atomic E-state index is 0.215. The normalized spacial score (nSPS) is 31.1. The number of aryl methyl sites for hydroxylation is 1. The van der Waals surface area contributed by atoms with Crippen LogP contribution in [0.15, 0.2) is 24.3 Å². The van der Waals surface area contributed by atoms with Gasteiger partial charge in [0.2, 0.25) is 5.69 Å². The van der Waals surface area contributed by atoms with Crippen LogP contribution in [0.5, 0.6) is 0 Å². The first-order valence-electron chi connectivity index (χ1n) is 11.1. The third-order valence-electron chi connectivity index (χ3n) is 8.46. The minimum Gasteiger partial charge on any atom is -0.197 e. The number of pyridine rings is 1. The van der Waals surface area contributed by atoms with E-state index in [9.17, 15) is 0 Å². The zero-order chi connectivity index (χ0) is 20.3. The Morgan fingerprint density at radius 1 is 0.750 bits per heavy atom. The van der Waals surface area contributed by atoms with Crippen LogP contribution in [-0.2, 0) is 28.7 Å². The Morgan fingerprint density at radius 2 is 1.32 bits per heavy atom. The number of nitrogens with zero attached hydrogens (tertiary/aromatic N) is 1. The Labute approximate surface area is 171 Å². The van der Waals surface area contributed by atoms with Crippen LogP contribution in [0.2, 0.25) is 0 Å². The third kappa shape index (κ3) is 2.06. The lowest BCUT2D eigenvalue weighted by Crippen LogP contribution is -2.45. The summed E-state index contributed by atoms with van der Waals surface area (Å²) < 4.78 is 2.61. The predicted molar refractivity (Wildman–Crippen MR) is 117 cm³/mol. The fraction of sp³-hybridized carbons (Fsp3) is 0.593. The molecule has 0 aliphatic heterocycles.